The van der Waals surface area contributed by atoms with E-state index in [0.29, 0.717) is 29.6 Å². The first kappa shape index (κ1) is 28.8. The van der Waals surface area contributed by atoms with Crippen molar-refractivity contribution in [3.8, 4) is 11.1 Å². The van der Waals surface area contributed by atoms with Crippen molar-refractivity contribution in [3.05, 3.63) is 77.7 Å². The summed E-state index contributed by atoms with van der Waals surface area (Å²) in [4.78, 5) is 35.8. The number of piperidine rings is 1. The summed E-state index contributed by atoms with van der Waals surface area (Å²) in [5.41, 5.74) is 3.47. The molecule has 3 N–H and O–H groups in total. The lowest BCUT2D eigenvalue weighted by atomic mass is 9.73. The summed E-state index contributed by atoms with van der Waals surface area (Å²) in [6, 6.07) is 15.1. The number of alkyl halides is 3. The van der Waals surface area contributed by atoms with Gasteiger partial charge >= 0.3 is 6.18 Å². The maximum absolute atomic E-state index is 13.7. The summed E-state index contributed by atoms with van der Waals surface area (Å²) >= 11 is 0. The standard InChI is InChI=1S/C31H32F3N7O2/c32-31(33,34)18-35-29(43)30(24-9-3-1-7-21(24)22-8-2-4-10-25(22)30)13-5-6-14-41-15-11-20(12-16-41)39-28(42)23-17-38-40-27-26(23)36-19-37-27/h1-4,7-10,17,19-20H,5-6,11-16,18H2,(H,35,43)(H,39,42)(H,36,37,40). The van der Waals surface area contributed by atoms with Crippen LogP contribution < -0.4 is 10.6 Å². The fourth-order valence-electron chi connectivity index (χ4n) is 6.51. The molecule has 0 bridgehead atoms. The third-order valence-electron chi connectivity index (χ3n) is 8.57. The number of aromatic nitrogens is 4. The molecule has 0 saturated carbocycles. The second-order valence-electron chi connectivity index (χ2n) is 11.2. The number of hydrogen-bond acceptors (Lipinski definition) is 6. The number of hydrogen-bond donors (Lipinski definition) is 3. The Morgan fingerprint density at radius 1 is 1.00 bits per heavy atom. The Hall–Kier alpha value is -4.32. The van der Waals surface area contributed by atoms with Gasteiger partial charge < -0.3 is 20.5 Å². The predicted octanol–water partition coefficient (Wildman–Crippen LogP) is 4.36. The number of fused-ring (bicyclic) bond motifs is 4. The molecular formula is C31H32F3N7O2. The van der Waals surface area contributed by atoms with Crippen molar-refractivity contribution >= 4 is 23.0 Å². The van der Waals surface area contributed by atoms with Gasteiger partial charge in [-0.25, -0.2) is 4.98 Å². The lowest BCUT2D eigenvalue weighted by Crippen LogP contribution is -2.47. The van der Waals surface area contributed by atoms with Crippen LogP contribution in [-0.2, 0) is 10.2 Å². The van der Waals surface area contributed by atoms with Gasteiger partial charge in [0.1, 0.15) is 17.5 Å². The number of amides is 2. The number of likely N-dealkylation sites (tertiary alicyclic amines) is 1. The third kappa shape index (κ3) is 5.71. The van der Waals surface area contributed by atoms with Crippen molar-refractivity contribution in [1.29, 1.82) is 0 Å². The summed E-state index contributed by atoms with van der Waals surface area (Å²) in [6.07, 6.45) is 1.85. The first-order chi connectivity index (χ1) is 20.8. The molecule has 1 fully saturated rings. The largest absolute Gasteiger partial charge is 0.405 e. The molecule has 1 saturated heterocycles. The number of aromatic amines is 1. The van der Waals surface area contributed by atoms with Gasteiger partial charge in [-0.3, -0.25) is 9.59 Å². The van der Waals surface area contributed by atoms with Crippen LogP contribution in [0.2, 0.25) is 0 Å². The Kier molecular flexibility index (Phi) is 7.87. The monoisotopic (exact) mass is 591 g/mol. The van der Waals surface area contributed by atoms with Crippen LogP contribution in [0.4, 0.5) is 13.2 Å². The lowest BCUT2D eigenvalue weighted by molar-refractivity contribution is -0.141. The number of unbranched alkanes of at least 4 members (excludes halogenated alkanes) is 1. The summed E-state index contributed by atoms with van der Waals surface area (Å²) in [5, 5.41) is 13.1. The van der Waals surface area contributed by atoms with E-state index in [0.717, 1.165) is 61.2 Å². The molecular weight excluding hydrogens is 559 g/mol. The van der Waals surface area contributed by atoms with Gasteiger partial charge in [0.05, 0.1) is 18.1 Å². The minimum absolute atomic E-state index is 0.0296. The molecule has 6 rings (SSSR count). The average molecular weight is 592 g/mol. The second-order valence-corrected chi connectivity index (χ2v) is 11.2. The van der Waals surface area contributed by atoms with Gasteiger partial charge in [-0.2, -0.15) is 18.3 Å². The minimum Gasteiger partial charge on any atom is -0.349 e. The van der Waals surface area contributed by atoms with Gasteiger partial charge in [0, 0.05) is 19.1 Å². The van der Waals surface area contributed by atoms with Crippen LogP contribution in [0.5, 0.6) is 0 Å². The molecule has 9 nitrogen and oxygen atoms in total. The number of rotatable bonds is 9. The molecule has 12 heteroatoms. The van der Waals surface area contributed by atoms with Crippen LogP contribution in [-0.4, -0.2) is 75.3 Å². The summed E-state index contributed by atoms with van der Waals surface area (Å²) in [6.45, 7) is 1.05. The molecule has 2 aliphatic rings. The number of H-pyrrole nitrogens is 1. The lowest BCUT2D eigenvalue weighted by Gasteiger charge is -2.33. The summed E-state index contributed by atoms with van der Waals surface area (Å²) in [7, 11) is 0. The van der Waals surface area contributed by atoms with Crippen molar-refractivity contribution in [2.24, 2.45) is 0 Å². The van der Waals surface area contributed by atoms with Crippen molar-refractivity contribution in [1.82, 2.24) is 35.7 Å². The Bertz CT molecular complexity index is 1580. The van der Waals surface area contributed by atoms with Crippen LogP contribution in [0.3, 0.4) is 0 Å². The summed E-state index contributed by atoms with van der Waals surface area (Å²) in [5.74, 6) is -0.829. The molecule has 43 heavy (non-hydrogen) atoms. The zero-order chi connectivity index (χ0) is 30.0. The van der Waals surface area contributed by atoms with E-state index in [1.54, 1.807) is 0 Å². The molecule has 0 spiro atoms. The molecule has 1 aliphatic heterocycles. The van der Waals surface area contributed by atoms with E-state index in [2.05, 4.69) is 35.7 Å². The molecule has 0 atom stereocenters. The Labute approximate surface area is 246 Å². The highest BCUT2D eigenvalue weighted by Gasteiger charge is 2.49. The van der Waals surface area contributed by atoms with E-state index in [-0.39, 0.29) is 11.9 Å². The first-order valence-electron chi connectivity index (χ1n) is 14.5. The SMILES string of the molecule is O=C(NC1CCN(CCCCC2(C(=O)NCC(F)(F)F)c3ccccc3-c3ccccc32)CC1)c1cnnc2nc[nH]c12. The Morgan fingerprint density at radius 3 is 2.35 bits per heavy atom. The minimum atomic E-state index is -4.50. The number of imidazole rings is 1. The summed E-state index contributed by atoms with van der Waals surface area (Å²) < 4.78 is 39.3. The molecule has 224 valence electrons. The van der Waals surface area contributed by atoms with E-state index in [1.807, 2.05) is 48.5 Å². The quantitative estimate of drug-likeness (QED) is 0.249. The molecule has 2 amide bonds. The maximum Gasteiger partial charge on any atom is 0.405 e. The van der Waals surface area contributed by atoms with Crippen molar-refractivity contribution in [2.45, 2.75) is 49.7 Å². The van der Waals surface area contributed by atoms with E-state index in [1.165, 1.54) is 12.5 Å². The van der Waals surface area contributed by atoms with Crippen molar-refractivity contribution in [3.63, 3.8) is 0 Å². The normalized spacial score (nSPS) is 16.5. The number of nitrogens with one attached hydrogen (secondary N) is 3. The topological polar surface area (TPSA) is 116 Å². The molecule has 3 heterocycles. The van der Waals surface area contributed by atoms with Crippen LogP contribution in [0.1, 0.15) is 53.6 Å². The van der Waals surface area contributed by atoms with E-state index < -0.39 is 24.0 Å². The van der Waals surface area contributed by atoms with Crippen molar-refractivity contribution in [2.75, 3.05) is 26.2 Å². The van der Waals surface area contributed by atoms with Gasteiger partial charge in [0.25, 0.3) is 5.91 Å². The maximum atomic E-state index is 13.7. The predicted molar refractivity (Wildman–Crippen MR) is 154 cm³/mol. The molecule has 4 aromatic rings. The zero-order valence-corrected chi connectivity index (χ0v) is 23.5. The highest BCUT2D eigenvalue weighted by Crippen LogP contribution is 2.51. The van der Waals surface area contributed by atoms with Gasteiger partial charge in [-0.1, -0.05) is 55.0 Å². The van der Waals surface area contributed by atoms with Crippen LogP contribution >= 0.6 is 0 Å². The van der Waals surface area contributed by atoms with Crippen LogP contribution in [0, 0.1) is 0 Å². The van der Waals surface area contributed by atoms with E-state index in [9.17, 15) is 22.8 Å². The second kappa shape index (κ2) is 11.8. The van der Waals surface area contributed by atoms with Crippen LogP contribution in [0.25, 0.3) is 22.3 Å². The van der Waals surface area contributed by atoms with Crippen molar-refractivity contribution < 1.29 is 22.8 Å². The fourth-order valence-corrected chi connectivity index (χ4v) is 6.51. The molecule has 0 radical (unpaired) electrons. The van der Waals surface area contributed by atoms with Gasteiger partial charge in [-0.05, 0) is 54.5 Å². The Balaban J connectivity index is 1.07. The van der Waals surface area contributed by atoms with Gasteiger partial charge in [0.2, 0.25) is 5.91 Å². The number of nitrogens with zero attached hydrogens (tertiary/aromatic N) is 4. The smallest absolute Gasteiger partial charge is 0.349 e. The number of halogens is 3. The average Bonchev–Trinajstić information content (AvgIpc) is 3.60. The van der Waals surface area contributed by atoms with E-state index in [4.69, 9.17) is 0 Å². The highest BCUT2D eigenvalue weighted by atomic mass is 19.4. The number of benzene rings is 2. The number of carbonyl (C=O) groups excluding carboxylic acids is 2. The van der Waals surface area contributed by atoms with Gasteiger partial charge in [-0.15, -0.1) is 5.10 Å². The Morgan fingerprint density at radius 2 is 1.67 bits per heavy atom. The molecule has 0 unspecified atom stereocenters. The number of carbonyl (C=O) groups is 2. The molecule has 2 aromatic carbocycles. The molecule has 1 aliphatic carbocycles. The van der Waals surface area contributed by atoms with E-state index >= 15 is 0 Å². The third-order valence-corrected chi connectivity index (χ3v) is 8.57. The van der Waals surface area contributed by atoms with Gasteiger partial charge in [0.15, 0.2) is 5.65 Å². The molecule has 2 aromatic heterocycles. The first-order valence-corrected chi connectivity index (χ1v) is 14.5. The zero-order valence-electron chi connectivity index (χ0n) is 23.5. The highest BCUT2D eigenvalue weighted by molar-refractivity contribution is 6.03. The fraction of sp³-hybridized carbons (Fsp3) is 0.387. The van der Waals surface area contributed by atoms with Crippen LogP contribution in [0.15, 0.2) is 61.1 Å².